The SMILES string of the molecule is Cc1cc(Br)c(=O)n(-c2ccc(C(F)(F)F)cc2)n1. The maximum absolute atomic E-state index is 12.4. The highest BCUT2D eigenvalue weighted by molar-refractivity contribution is 9.10. The van der Waals surface area contributed by atoms with Gasteiger partial charge in [-0.05, 0) is 53.2 Å². The quantitative estimate of drug-likeness (QED) is 0.802. The van der Waals surface area contributed by atoms with Crippen LogP contribution in [0, 0.1) is 6.92 Å². The number of hydrogen-bond acceptors (Lipinski definition) is 2. The molecule has 0 amide bonds. The summed E-state index contributed by atoms with van der Waals surface area (Å²) in [5, 5.41) is 3.99. The zero-order chi connectivity index (χ0) is 14.2. The van der Waals surface area contributed by atoms with E-state index in [0.717, 1.165) is 16.8 Å². The second-order valence-corrected chi connectivity index (χ2v) is 4.75. The Labute approximate surface area is 114 Å². The average molecular weight is 333 g/mol. The number of aryl methyl sites for hydroxylation is 1. The van der Waals surface area contributed by atoms with E-state index in [1.807, 2.05) is 0 Å². The van der Waals surface area contributed by atoms with Gasteiger partial charge in [0, 0.05) is 0 Å². The summed E-state index contributed by atoms with van der Waals surface area (Å²) in [6, 6.07) is 5.80. The second kappa shape index (κ2) is 4.80. The highest BCUT2D eigenvalue weighted by Crippen LogP contribution is 2.29. The topological polar surface area (TPSA) is 34.9 Å². The molecule has 0 bridgehead atoms. The first-order chi connectivity index (χ1) is 8.79. The highest BCUT2D eigenvalue weighted by atomic mass is 79.9. The van der Waals surface area contributed by atoms with Crippen molar-refractivity contribution < 1.29 is 13.2 Å². The van der Waals surface area contributed by atoms with Crippen LogP contribution in [0.25, 0.3) is 5.69 Å². The van der Waals surface area contributed by atoms with Crippen LogP contribution in [0.15, 0.2) is 39.6 Å². The summed E-state index contributed by atoms with van der Waals surface area (Å²) in [6.07, 6.45) is -4.40. The van der Waals surface area contributed by atoms with Crippen LogP contribution in [0.3, 0.4) is 0 Å². The molecule has 0 atom stereocenters. The van der Waals surface area contributed by atoms with Crippen LogP contribution < -0.4 is 5.56 Å². The maximum Gasteiger partial charge on any atom is 0.416 e. The van der Waals surface area contributed by atoms with Gasteiger partial charge in [-0.2, -0.15) is 23.0 Å². The molecule has 7 heteroatoms. The largest absolute Gasteiger partial charge is 0.416 e. The third-order valence-electron chi connectivity index (χ3n) is 2.43. The molecule has 0 aliphatic rings. The van der Waals surface area contributed by atoms with Gasteiger partial charge in [0.05, 0.1) is 21.4 Å². The number of benzene rings is 1. The smallest absolute Gasteiger partial charge is 0.266 e. The molecule has 2 aromatic rings. The number of rotatable bonds is 1. The van der Waals surface area contributed by atoms with Gasteiger partial charge in [0.2, 0.25) is 0 Å². The lowest BCUT2D eigenvalue weighted by Crippen LogP contribution is -2.22. The molecule has 1 aromatic carbocycles. The maximum atomic E-state index is 12.4. The fourth-order valence-electron chi connectivity index (χ4n) is 1.54. The Kier molecular flexibility index (Phi) is 3.49. The number of hydrogen-bond donors (Lipinski definition) is 0. The lowest BCUT2D eigenvalue weighted by molar-refractivity contribution is -0.137. The van der Waals surface area contributed by atoms with E-state index in [1.54, 1.807) is 13.0 Å². The highest BCUT2D eigenvalue weighted by Gasteiger charge is 2.30. The molecule has 3 nitrogen and oxygen atoms in total. The monoisotopic (exact) mass is 332 g/mol. The molecular formula is C12H8BrF3N2O. The van der Waals surface area contributed by atoms with Crippen molar-refractivity contribution in [3.63, 3.8) is 0 Å². The van der Waals surface area contributed by atoms with E-state index in [-0.39, 0.29) is 5.69 Å². The minimum absolute atomic E-state index is 0.280. The minimum Gasteiger partial charge on any atom is -0.266 e. The van der Waals surface area contributed by atoms with Crippen molar-refractivity contribution in [3.05, 3.63) is 56.4 Å². The van der Waals surface area contributed by atoms with Gasteiger partial charge < -0.3 is 0 Å². The van der Waals surface area contributed by atoms with Gasteiger partial charge in [-0.1, -0.05) is 0 Å². The number of nitrogens with zero attached hydrogens (tertiary/aromatic N) is 2. The molecule has 0 unspecified atom stereocenters. The predicted octanol–water partition coefficient (Wildman–Crippen LogP) is 3.32. The Morgan fingerprint density at radius 2 is 1.79 bits per heavy atom. The molecule has 0 radical (unpaired) electrons. The minimum atomic E-state index is -4.40. The Morgan fingerprint density at radius 1 is 1.21 bits per heavy atom. The molecule has 19 heavy (non-hydrogen) atoms. The second-order valence-electron chi connectivity index (χ2n) is 3.90. The standard InChI is InChI=1S/C12H8BrF3N2O/c1-7-6-10(13)11(19)18(17-7)9-4-2-8(3-5-9)12(14,15)16/h2-6H,1H3. The summed E-state index contributed by atoms with van der Waals surface area (Å²) < 4.78 is 38.7. The van der Waals surface area contributed by atoms with Gasteiger partial charge in [-0.15, -0.1) is 0 Å². The molecule has 1 heterocycles. The van der Waals surface area contributed by atoms with E-state index >= 15 is 0 Å². The van der Waals surface area contributed by atoms with Gasteiger partial charge in [0.25, 0.3) is 5.56 Å². The van der Waals surface area contributed by atoms with Crippen LogP contribution in [0.2, 0.25) is 0 Å². The first kappa shape index (κ1) is 13.8. The van der Waals surface area contributed by atoms with Gasteiger partial charge in [-0.3, -0.25) is 4.79 Å². The number of aromatic nitrogens is 2. The molecule has 100 valence electrons. The lowest BCUT2D eigenvalue weighted by atomic mass is 10.2. The van der Waals surface area contributed by atoms with Crippen LogP contribution in [0.4, 0.5) is 13.2 Å². The molecule has 0 saturated carbocycles. The molecule has 0 fully saturated rings. The lowest BCUT2D eigenvalue weighted by Gasteiger charge is -2.09. The Morgan fingerprint density at radius 3 is 2.32 bits per heavy atom. The van der Waals surface area contributed by atoms with Crippen molar-refractivity contribution in [2.45, 2.75) is 13.1 Å². The fraction of sp³-hybridized carbons (Fsp3) is 0.167. The van der Waals surface area contributed by atoms with Crippen molar-refractivity contribution >= 4 is 15.9 Å². The summed E-state index contributed by atoms with van der Waals surface area (Å²) in [4.78, 5) is 11.8. The molecule has 0 saturated heterocycles. The van der Waals surface area contributed by atoms with Crippen molar-refractivity contribution in [2.24, 2.45) is 0 Å². The molecule has 0 aliphatic heterocycles. The van der Waals surface area contributed by atoms with Crippen LogP contribution in [-0.2, 0) is 6.18 Å². The molecule has 0 aliphatic carbocycles. The number of halogens is 4. The fourth-order valence-corrected chi connectivity index (χ4v) is 2.04. The van der Waals surface area contributed by atoms with Crippen LogP contribution in [0.1, 0.15) is 11.3 Å². The normalized spacial score (nSPS) is 11.6. The predicted molar refractivity (Wildman–Crippen MR) is 67.3 cm³/mol. The van der Waals surface area contributed by atoms with E-state index in [1.165, 1.54) is 12.1 Å². The van der Waals surface area contributed by atoms with Gasteiger partial charge in [0.1, 0.15) is 0 Å². The summed E-state index contributed by atoms with van der Waals surface area (Å²) in [5.74, 6) is 0. The molecular weight excluding hydrogens is 325 g/mol. The first-order valence-electron chi connectivity index (χ1n) is 5.23. The summed E-state index contributed by atoms with van der Waals surface area (Å²) in [6.45, 7) is 1.69. The summed E-state index contributed by atoms with van der Waals surface area (Å²) in [7, 11) is 0. The van der Waals surface area contributed by atoms with Crippen molar-refractivity contribution in [1.82, 2.24) is 9.78 Å². The summed E-state index contributed by atoms with van der Waals surface area (Å²) in [5.41, 5.74) is -0.338. The zero-order valence-electron chi connectivity index (χ0n) is 9.70. The molecule has 0 N–H and O–H groups in total. The van der Waals surface area contributed by atoms with Crippen LogP contribution in [0.5, 0.6) is 0 Å². The third kappa shape index (κ3) is 2.86. The molecule has 0 spiro atoms. The van der Waals surface area contributed by atoms with Gasteiger partial charge in [0.15, 0.2) is 0 Å². The average Bonchev–Trinajstić information content (AvgIpc) is 2.33. The van der Waals surface area contributed by atoms with E-state index in [4.69, 9.17) is 0 Å². The van der Waals surface area contributed by atoms with Gasteiger partial charge in [-0.25, -0.2) is 0 Å². The Balaban J connectivity index is 2.52. The third-order valence-corrected chi connectivity index (χ3v) is 3.00. The zero-order valence-corrected chi connectivity index (χ0v) is 11.3. The first-order valence-corrected chi connectivity index (χ1v) is 6.02. The van der Waals surface area contributed by atoms with E-state index < -0.39 is 17.3 Å². The van der Waals surface area contributed by atoms with E-state index in [2.05, 4.69) is 21.0 Å². The molecule has 1 aromatic heterocycles. The van der Waals surface area contributed by atoms with Crippen molar-refractivity contribution in [3.8, 4) is 5.69 Å². The van der Waals surface area contributed by atoms with Gasteiger partial charge >= 0.3 is 6.18 Å². The van der Waals surface area contributed by atoms with E-state index in [0.29, 0.717) is 10.2 Å². The van der Waals surface area contributed by atoms with Crippen molar-refractivity contribution in [1.29, 1.82) is 0 Å². The van der Waals surface area contributed by atoms with E-state index in [9.17, 15) is 18.0 Å². The van der Waals surface area contributed by atoms with Crippen molar-refractivity contribution in [2.75, 3.05) is 0 Å². The Hall–Kier alpha value is -1.63. The van der Waals surface area contributed by atoms with Crippen LogP contribution in [-0.4, -0.2) is 9.78 Å². The Bertz CT molecular complexity index is 662. The molecule has 2 rings (SSSR count). The number of alkyl halides is 3. The summed E-state index contributed by atoms with van der Waals surface area (Å²) >= 11 is 3.09. The van der Waals surface area contributed by atoms with Crippen LogP contribution >= 0.6 is 15.9 Å².